The molecule has 1 aliphatic carbocycles. The first kappa shape index (κ1) is 29.5. The van der Waals surface area contributed by atoms with E-state index in [2.05, 4.69) is 10.6 Å². The fourth-order valence-corrected chi connectivity index (χ4v) is 3.56. The summed E-state index contributed by atoms with van der Waals surface area (Å²) < 4.78 is 10.9. The lowest BCUT2D eigenvalue weighted by Gasteiger charge is -2.28. The molecule has 0 spiro atoms. The largest absolute Gasteiger partial charge is 0.387 e. The second kappa shape index (κ2) is 14.7. The van der Waals surface area contributed by atoms with Gasteiger partial charge in [0.25, 0.3) is 5.91 Å². The Bertz CT molecular complexity index is 614. The molecule has 0 saturated heterocycles. The fourth-order valence-electron chi connectivity index (χ4n) is 3.56. The summed E-state index contributed by atoms with van der Waals surface area (Å²) in [5, 5.41) is 35.9. The number of amides is 2. The van der Waals surface area contributed by atoms with Gasteiger partial charge in [0.2, 0.25) is 5.91 Å². The summed E-state index contributed by atoms with van der Waals surface area (Å²) >= 11 is 0. The van der Waals surface area contributed by atoms with Crippen molar-refractivity contribution in [1.29, 1.82) is 0 Å². The zero-order valence-electron chi connectivity index (χ0n) is 20.8. The number of carbonyl (C=O) groups is 2. The molecule has 0 aromatic carbocycles. The maximum absolute atomic E-state index is 12.5. The van der Waals surface area contributed by atoms with Gasteiger partial charge in [-0.1, -0.05) is 52.2 Å². The van der Waals surface area contributed by atoms with Gasteiger partial charge in [-0.15, -0.1) is 0 Å². The highest BCUT2D eigenvalue weighted by molar-refractivity contribution is 5.89. The second-order valence-electron chi connectivity index (χ2n) is 9.86. The lowest BCUT2D eigenvalue weighted by atomic mass is 9.94. The Balaban J connectivity index is 2.43. The highest BCUT2D eigenvalue weighted by atomic mass is 16.5. The van der Waals surface area contributed by atoms with Crippen LogP contribution in [-0.4, -0.2) is 84.0 Å². The van der Waals surface area contributed by atoms with Gasteiger partial charge in [0.1, 0.15) is 24.4 Å². The van der Waals surface area contributed by atoms with Gasteiger partial charge in [-0.3, -0.25) is 9.59 Å². The summed E-state index contributed by atoms with van der Waals surface area (Å²) in [6.07, 6.45) is 3.76. The minimum atomic E-state index is -1.69. The molecule has 0 unspecified atom stereocenters. The van der Waals surface area contributed by atoms with Crippen LogP contribution in [0.2, 0.25) is 0 Å². The number of carbonyl (C=O) groups excluding carboxylic acids is 2. The molecule has 1 aliphatic rings. The van der Waals surface area contributed by atoms with E-state index < -0.39 is 36.4 Å². The van der Waals surface area contributed by atoms with Crippen LogP contribution in [0.4, 0.5) is 0 Å². The van der Waals surface area contributed by atoms with Gasteiger partial charge in [0, 0.05) is 20.3 Å². The number of nitrogens with one attached hydrogen (secondary N) is 2. The van der Waals surface area contributed by atoms with Crippen LogP contribution < -0.4 is 10.6 Å². The lowest BCUT2D eigenvalue weighted by molar-refractivity contribution is -0.150. The van der Waals surface area contributed by atoms with E-state index in [4.69, 9.17) is 9.47 Å². The van der Waals surface area contributed by atoms with Crippen LogP contribution in [0.15, 0.2) is 12.2 Å². The van der Waals surface area contributed by atoms with Crippen LogP contribution in [0.5, 0.6) is 0 Å². The quantitative estimate of drug-likeness (QED) is 0.200. The monoisotopic (exact) mass is 472 g/mol. The summed E-state index contributed by atoms with van der Waals surface area (Å²) in [6, 6.07) is -0.871. The molecule has 33 heavy (non-hydrogen) atoms. The number of rotatable bonds is 13. The van der Waals surface area contributed by atoms with E-state index >= 15 is 0 Å². The Morgan fingerprint density at radius 3 is 2.27 bits per heavy atom. The van der Waals surface area contributed by atoms with Crippen molar-refractivity contribution >= 4 is 11.8 Å². The third kappa shape index (κ3) is 11.4. The molecule has 2 amide bonds. The van der Waals surface area contributed by atoms with Gasteiger partial charge in [-0.05, 0) is 31.6 Å². The normalized spacial score (nSPS) is 20.1. The summed E-state index contributed by atoms with van der Waals surface area (Å²) in [7, 11) is 1.20. The molecule has 192 valence electrons. The van der Waals surface area contributed by atoms with Crippen molar-refractivity contribution in [2.24, 2.45) is 5.41 Å². The minimum absolute atomic E-state index is 0.228. The number of ether oxygens (including phenoxy) is 2. The van der Waals surface area contributed by atoms with E-state index in [1.807, 2.05) is 20.8 Å². The van der Waals surface area contributed by atoms with E-state index in [0.29, 0.717) is 25.7 Å². The number of aliphatic hydroxyl groups excluding tert-OH is 3. The molecule has 0 radical (unpaired) electrons. The van der Waals surface area contributed by atoms with Crippen LogP contribution in [0.25, 0.3) is 0 Å². The molecule has 0 bridgehead atoms. The van der Waals surface area contributed by atoms with Crippen molar-refractivity contribution in [3.63, 3.8) is 0 Å². The molecule has 9 heteroatoms. The van der Waals surface area contributed by atoms with Gasteiger partial charge >= 0.3 is 0 Å². The van der Waals surface area contributed by atoms with Crippen LogP contribution in [-0.2, 0) is 19.1 Å². The zero-order chi connectivity index (χ0) is 25.0. The first-order chi connectivity index (χ1) is 15.5. The van der Waals surface area contributed by atoms with E-state index in [-0.39, 0.29) is 11.3 Å². The number of hydrogen-bond acceptors (Lipinski definition) is 7. The maximum Gasteiger partial charge on any atom is 0.252 e. The Kier molecular flexibility index (Phi) is 13.1. The third-order valence-corrected chi connectivity index (χ3v) is 5.59. The number of aliphatic hydroxyl groups is 3. The van der Waals surface area contributed by atoms with Crippen molar-refractivity contribution in [1.82, 2.24) is 10.6 Å². The SMILES string of the molecule is CO[C@@H](C(=O)N[C@@H](C)C(=O)NCCCOC1CCCCC1)[C@H](O)[C@@H](O)[C@H](O)/C=C/C(C)(C)C. The van der Waals surface area contributed by atoms with Gasteiger partial charge in [0.05, 0.1) is 6.10 Å². The Labute approximate surface area is 197 Å². The van der Waals surface area contributed by atoms with Crippen LogP contribution in [0.3, 0.4) is 0 Å². The molecule has 1 fully saturated rings. The molecule has 5 N–H and O–H groups in total. The lowest BCUT2D eigenvalue weighted by Crippen LogP contribution is -2.55. The molecule has 5 atom stereocenters. The highest BCUT2D eigenvalue weighted by Gasteiger charge is 2.36. The standard InChI is InChI=1S/C24H44N2O7/c1-16(22(30)25-14-9-15-33-17-10-7-6-8-11-17)26-23(31)21(32-5)20(29)19(28)18(27)12-13-24(2,3)4/h12-13,16-21,27-29H,6-11,14-15H2,1-5H3,(H,25,30)(H,26,31)/b13-12+/t16-,18+,19-,20+,21+/m0/s1. The average Bonchev–Trinajstić information content (AvgIpc) is 2.77. The second-order valence-corrected chi connectivity index (χ2v) is 9.86. The summed E-state index contributed by atoms with van der Waals surface area (Å²) in [6.45, 7) is 8.27. The van der Waals surface area contributed by atoms with Gasteiger partial charge < -0.3 is 35.4 Å². The van der Waals surface area contributed by atoms with Crippen LogP contribution in [0, 0.1) is 5.41 Å². The predicted molar refractivity (Wildman–Crippen MR) is 125 cm³/mol. The van der Waals surface area contributed by atoms with Crippen molar-refractivity contribution in [3.8, 4) is 0 Å². The predicted octanol–water partition coefficient (Wildman–Crippen LogP) is 1.05. The molecule has 0 aliphatic heterocycles. The topological polar surface area (TPSA) is 137 Å². The molecular formula is C24H44N2O7. The number of methoxy groups -OCH3 is 1. The first-order valence-electron chi connectivity index (χ1n) is 11.9. The molecule has 0 heterocycles. The molecule has 0 aromatic rings. The average molecular weight is 473 g/mol. The number of allylic oxidation sites excluding steroid dienone is 1. The summed E-state index contributed by atoms with van der Waals surface area (Å²) in [4.78, 5) is 24.8. The van der Waals surface area contributed by atoms with E-state index in [1.54, 1.807) is 6.08 Å². The molecule has 0 aromatic heterocycles. The number of hydrogen-bond donors (Lipinski definition) is 5. The summed E-state index contributed by atoms with van der Waals surface area (Å²) in [5.74, 6) is -1.14. The maximum atomic E-state index is 12.5. The third-order valence-electron chi connectivity index (χ3n) is 5.59. The van der Waals surface area contributed by atoms with Gasteiger partial charge in [-0.25, -0.2) is 0 Å². The van der Waals surface area contributed by atoms with E-state index in [0.717, 1.165) is 12.8 Å². The molecule has 1 rings (SSSR count). The Morgan fingerprint density at radius 2 is 1.70 bits per heavy atom. The van der Waals surface area contributed by atoms with E-state index in [9.17, 15) is 24.9 Å². The van der Waals surface area contributed by atoms with Gasteiger partial charge in [0.15, 0.2) is 6.10 Å². The Hall–Kier alpha value is -1.52. The van der Waals surface area contributed by atoms with Crippen molar-refractivity contribution in [2.45, 2.75) is 103 Å². The molecule has 9 nitrogen and oxygen atoms in total. The van der Waals surface area contributed by atoms with Crippen LogP contribution in [0.1, 0.15) is 66.2 Å². The minimum Gasteiger partial charge on any atom is -0.387 e. The Morgan fingerprint density at radius 1 is 1.06 bits per heavy atom. The van der Waals surface area contributed by atoms with E-state index in [1.165, 1.54) is 39.4 Å². The van der Waals surface area contributed by atoms with Gasteiger partial charge in [-0.2, -0.15) is 0 Å². The molecule has 1 saturated carbocycles. The summed E-state index contributed by atoms with van der Waals surface area (Å²) in [5.41, 5.74) is -0.228. The fraction of sp³-hybridized carbons (Fsp3) is 0.833. The highest BCUT2D eigenvalue weighted by Crippen LogP contribution is 2.20. The first-order valence-corrected chi connectivity index (χ1v) is 11.9. The zero-order valence-corrected chi connectivity index (χ0v) is 20.8. The van der Waals surface area contributed by atoms with Crippen molar-refractivity contribution in [2.75, 3.05) is 20.3 Å². The molecular weight excluding hydrogens is 428 g/mol. The van der Waals surface area contributed by atoms with Crippen molar-refractivity contribution < 1.29 is 34.4 Å². The van der Waals surface area contributed by atoms with Crippen molar-refractivity contribution in [3.05, 3.63) is 12.2 Å². The van der Waals surface area contributed by atoms with Crippen LogP contribution >= 0.6 is 0 Å². The smallest absolute Gasteiger partial charge is 0.252 e.